The van der Waals surface area contributed by atoms with Gasteiger partial charge in [-0.05, 0) is 78.4 Å². The molecule has 39 heavy (non-hydrogen) atoms. The third kappa shape index (κ3) is 4.78. The van der Waals surface area contributed by atoms with Gasteiger partial charge in [0.25, 0.3) is 0 Å². The molecule has 8 nitrogen and oxygen atoms in total. The van der Waals surface area contributed by atoms with Crippen LogP contribution in [0.3, 0.4) is 0 Å². The first kappa shape index (κ1) is 25.5. The Labute approximate surface area is 226 Å². The third-order valence-corrected chi connectivity index (χ3v) is 9.24. The van der Waals surface area contributed by atoms with Crippen molar-refractivity contribution in [1.82, 2.24) is 9.29 Å². The molecule has 4 aromatic rings. The van der Waals surface area contributed by atoms with E-state index in [1.807, 2.05) is 42.5 Å². The smallest absolute Gasteiger partial charge is 0.336 e. The molecule has 1 fully saturated rings. The number of carboxylic acids is 1. The van der Waals surface area contributed by atoms with Gasteiger partial charge in [0, 0.05) is 24.0 Å². The van der Waals surface area contributed by atoms with Gasteiger partial charge in [-0.15, -0.1) is 0 Å². The summed E-state index contributed by atoms with van der Waals surface area (Å²) in [6.07, 6.45) is 3.33. The zero-order valence-electron chi connectivity index (χ0n) is 21.5. The molecule has 2 aromatic heterocycles. The molecule has 0 saturated carbocycles. The van der Waals surface area contributed by atoms with Gasteiger partial charge in [-0.25, -0.2) is 18.2 Å². The largest absolute Gasteiger partial charge is 0.478 e. The fraction of sp³-hybridized carbons (Fsp3) is 0.267. The Morgan fingerprint density at radius 3 is 2.51 bits per heavy atom. The maximum Gasteiger partial charge on any atom is 0.336 e. The zero-order chi connectivity index (χ0) is 27.1. The molecular weight excluding hydrogens is 516 g/mol. The van der Waals surface area contributed by atoms with Gasteiger partial charge < -0.3 is 14.3 Å². The molecule has 200 valence electrons. The van der Waals surface area contributed by atoms with Crippen LogP contribution in [0, 0.1) is 5.92 Å². The lowest BCUT2D eigenvalue weighted by Gasteiger charge is -2.26. The Morgan fingerprint density at radius 1 is 1.03 bits per heavy atom. The first-order valence-corrected chi connectivity index (χ1v) is 14.4. The van der Waals surface area contributed by atoms with E-state index in [-0.39, 0.29) is 10.8 Å². The maximum absolute atomic E-state index is 12.9. The number of carboxylic acid groups (broad SMARTS) is 1. The lowest BCUT2D eigenvalue weighted by atomic mass is 9.81. The van der Waals surface area contributed by atoms with Crippen molar-refractivity contribution in [2.45, 2.75) is 24.7 Å². The fourth-order valence-electron chi connectivity index (χ4n) is 5.46. The van der Waals surface area contributed by atoms with E-state index in [2.05, 4.69) is 6.92 Å². The molecule has 2 aliphatic rings. The highest BCUT2D eigenvalue weighted by Crippen LogP contribution is 2.39. The summed E-state index contributed by atoms with van der Waals surface area (Å²) < 4.78 is 38.7. The molecule has 1 saturated heterocycles. The zero-order valence-corrected chi connectivity index (χ0v) is 22.3. The number of para-hydroxylation sites is 1. The van der Waals surface area contributed by atoms with E-state index in [1.54, 1.807) is 24.3 Å². The minimum Gasteiger partial charge on any atom is -0.478 e. The summed E-state index contributed by atoms with van der Waals surface area (Å²) >= 11 is 0. The quantitative estimate of drug-likeness (QED) is 0.361. The van der Waals surface area contributed by atoms with Crippen molar-refractivity contribution in [3.8, 4) is 11.3 Å². The molecule has 1 atom stereocenters. The van der Waals surface area contributed by atoms with Gasteiger partial charge in [0.15, 0.2) is 0 Å². The number of aromatic nitrogens is 1. The van der Waals surface area contributed by atoms with Gasteiger partial charge in [-0.1, -0.05) is 25.1 Å². The Kier molecular flexibility index (Phi) is 6.58. The number of sulfonamides is 1. The SMILES string of the molecule is CC1CC(=Cc2ccc(-c3ccc(S(=O)(=O)N4CCOCC4)cc3)o2)c2nc3ccccc3c(C(=O)O)c2C1. The number of hydrogen-bond donors (Lipinski definition) is 1. The first-order chi connectivity index (χ1) is 18.8. The molecule has 0 amide bonds. The van der Waals surface area contributed by atoms with E-state index in [4.69, 9.17) is 14.1 Å². The Morgan fingerprint density at radius 2 is 1.77 bits per heavy atom. The summed E-state index contributed by atoms with van der Waals surface area (Å²) in [6.45, 7) is 3.60. The summed E-state index contributed by atoms with van der Waals surface area (Å²) in [6, 6.07) is 17.7. The number of fused-ring (bicyclic) bond motifs is 2. The minimum atomic E-state index is -3.57. The summed E-state index contributed by atoms with van der Waals surface area (Å²) in [5, 5.41) is 10.7. The van der Waals surface area contributed by atoms with Gasteiger partial charge in [-0.3, -0.25) is 0 Å². The van der Waals surface area contributed by atoms with Crippen molar-refractivity contribution in [2.24, 2.45) is 5.92 Å². The second kappa shape index (κ2) is 10.1. The average molecular weight is 545 g/mol. The molecule has 6 rings (SSSR count). The van der Waals surface area contributed by atoms with Crippen molar-refractivity contribution in [3.05, 3.63) is 83.2 Å². The average Bonchev–Trinajstić information content (AvgIpc) is 3.41. The predicted molar refractivity (Wildman–Crippen MR) is 148 cm³/mol. The Bertz CT molecular complexity index is 1700. The van der Waals surface area contributed by atoms with E-state index in [9.17, 15) is 18.3 Å². The van der Waals surface area contributed by atoms with Crippen LogP contribution in [0.1, 0.15) is 40.7 Å². The van der Waals surface area contributed by atoms with Crippen LogP contribution >= 0.6 is 0 Å². The normalized spacial score (nSPS) is 19.3. The van der Waals surface area contributed by atoms with Crippen LogP contribution in [0.4, 0.5) is 0 Å². The van der Waals surface area contributed by atoms with Crippen molar-refractivity contribution in [2.75, 3.05) is 26.3 Å². The fourth-order valence-corrected chi connectivity index (χ4v) is 6.87. The number of rotatable bonds is 5. The van der Waals surface area contributed by atoms with Crippen molar-refractivity contribution >= 4 is 38.5 Å². The molecule has 1 aliphatic heterocycles. The molecule has 2 aromatic carbocycles. The van der Waals surface area contributed by atoms with Crippen LogP contribution in [-0.2, 0) is 21.2 Å². The van der Waals surface area contributed by atoms with Crippen LogP contribution in [0.2, 0.25) is 0 Å². The van der Waals surface area contributed by atoms with Crippen LogP contribution in [0.5, 0.6) is 0 Å². The summed E-state index contributed by atoms with van der Waals surface area (Å²) in [5.74, 6) is 0.536. The molecular formula is C30H28N2O6S. The van der Waals surface area contributed by atoms with Crippen LogP contribution in [0.15, 0.2) is 70.0 Å². The lowest BCUT2D eigenvalue weighted by Crippen LogP contribution is -2.40. The monoisotopic (exact) mass is 544 g/mol. The number of ether oxygens (including phenoxy) is 1. The summed E-state index contributed by atoms with van der Waals surface area (Å²) in [5.41, 5.74) is 4.14. The van der Waals surface area contributed by atoms with Crippen LogP contribution in [0.25, 0.3) is 33.9 Å². The first-order valence-electron chi connectivity index (χ1n) is 13.0. The van der Waals surface area contributed by atoms with Crippen LogP contribution < -0.4 is 0 Å². The van der Waals surface area contributed by atoms with E-state index in [1.165, 1.54) is 4.31 Å². The van der Waals surface area contributed by atoms with Gasteiger partial charge in [0.05, 0.1) is 34.9 Å². The number of hydrogen-bond acceptors (Lipinski definition) is 6. The van der Waals surface area contributed by atoms with E-state index in [0.717, 1.165) is 23.1 Å². The number of pyridine rings is 1. The number of carbonyl (C=O) groups is 1. The number of aromatic carboxylic acids is 1. The van der Waals surface area contributed by atoms with Crippen molar-refractivity contribution < 1.29 is 27.5 Å². The lowest BCUT2D eigenvalue weighted by molar-refractivity contribution is 0.0697. The highest BCUT2D eigenvalue weighted by molar-refractivity contribution is 7.89. The number of morpholine rings is 1. The Balaban J connectivity index is 1.32. The minimum absolute atomic E-state index is 0.238. The topological polar surface area (TPSA) is 110 Å². The predicted octanol–water partition coefficient (Wildman–Crippen LogP) is 5.34. The molecule has 0 spiro atoms. The maximum atomic E-state index is 12.9. The van der Waals surface area contributed by atoms with Gasteiger partial charge in [-0.2, -0.15) is 4.31 Å². The molecule has 0 bridgehead atoms. The van der Waals surface area contributed by atoms with Gasteiger partial charge in [0.1, 0.15) is 11.5 Å². The number of nitrogens with zero attached hydrogens (tertiary/aromatic N) is 2. The summed E-state index contributed by atoms with van der Waals surface area (Å²) in [7, 11) is -3.57. The van der Waals surface area contributed by atoms with Crippen LogP contribution in [-0.4, -0.2) is 55.1 Å². The highest BCUT2D eigenvalue weighted by Gasteiger charge is 2.29. The number of furan rings is 1. The Hall–Kier alpha value is -3.79. The molecule has 0 radical (unpaired) electrons. The second-order valence-corrected chi connectivity index (χ2v) is 12.0. The number of benzene rings is 2. The molecule has 1 aliphatic carbocycles. The molecule has 1 N–H and O–H groups in total. The summed E-state index contributed by atoms with van der Waals surface area (Å²) in [4.78, 5) is 17.4. The van der Waals surface area contributed by atoms with Gasteiger partial charge >= 0.3 is 5.97 Å². The number of allylic oxidation sites excluding steroid dienone is 1. The van der Waals surface area contributed by atoms with Crippen molar-refractivity contribution in [3.63, 3.8) is 0 Å². The highest BCUT2D eigenvalue weighted by atomic mass is 32.2. The standard InChI is InChI=1S/C30H28N2O6S/c1-19-16-21(29-25(17-19)28(30(33)34)24-4-2-3-5-26(24)31-29)18-22-8-11-27(38-22)20-6-9-23(10-7-20)39(35,36)32-12-14-37-15-13-32/h2-11,18-19H,12-17H2,1H3,(H,33,34). The second-order valence-electron chi connectivity index (χ2n) is 10.1. The van der Waals surface area contributed by atoms with Gasteiger partial charge in [0.2, 0.25) is 10.0 Å². The van der Waals surface area contributed by atoms with E-state index in [0.29, 0.717) is 66.4 Å². The molecule has 3 heterocycles. The van der Waals surface area contributed by atoms with Crippen molar-refractivity contribution in [1.29, 1.82) is 0 Å². The molecule has 9 heteroatoms. The third-order valence-electron chi connectivity index (χ3n) is 7.32. The van der Waals surface area contributed by atoms with E-state index >= 15 is 0 Å². The molecule has 1 unspecified atom stereocenters. The van der Waals surface area contributed by atoms with E-state index < -0.39 is 16.0 Å².